The summed E-state index contributed by atoms with van der Waals surface area (Å²) in [5.74, 6) is 0.374. The van der Waals surface area contributed by atoms with Gasteiger partial charge in [-0.25, -0.2) is 0 Å². The molecule has 0 bridgehead atoms. The van der Waals surface area contributed by atoms with Crippen molar-refractivity contribution < 1.29 is 19.1 Å². The monoisotopic (exact) mass is 445 g/mol. The van der Waals surface area contributed by atoms with E-state index in [1.54, 1.807) is 36.4 Å². The van der Waals surface area contributed by atoms with Crippen LogP contribution in [0.2, 0.25) is 0 Å². The molecule has 1 fully saturated rings. The van der Waals surface area contributed by atoms with Gasteiger partial charge in [0.2, 0.25) is 5.91 Å². The minimum Gasteiger partial charge on any atom is -0.491 e. The van der Waals surface area contributed by atoms with Gasteiger partial charge in [0, 0.05) is 29.2 Å². The van der Waals surface area contributed by atoms with E-state index in [0.717, 1.165) is 30.9 Å². The SMILES string of the molecule is O=C(CNc1ccc(OCC2CCCO2)cc1)Nc1cccc(NC(=O)c2ccccc2)c1. The van der Waals surface area contributed by atoms with Crippen LogP contribution in [0.1, 0.15) is 23.2 Å². The zero-order valence-corrected chi connectivity index (χ0v) is 18.3. The van der Waals surface area contributed by atoms with Crippen molar-refractivity contribution in [1.82, 2.24) is 0 Å². The van der Waals surface area contributed by atoms with E-state index < -0.39 is 0 Å². The van der Waals surface area contributed by atoms with Crippen LogP contribution in [0, 0.1) is 0 Å². The zero-order chi connectivity index (χ0) is 22.9. The zero-order valence-electron chi connectivity index (χ0n) is 18.3. The summed E-state index contributed by atoms with van der Waals surface area (Å²) in [6, 6.07) is 23.5. The van der Waals surface area contributed by atoms with Crippen LogP contribution in [-0.4, -0.2) is 37.7 Å². The molecule has 4 rings (SSSR count). The van der Waals surface area contributed by atoms with E-state index in [1.807, 2.05) is 42.5 Å². The van der Waals surface area contributed by atoms with E-state index in [4.69, 9.17) is 9.47 Å². The first-order valence-electron chi connectivity index (χ1n) is 11.0. The number of anilines is 3. The van der Waals surface area contributed by atoms with Crippen molar-refractivity contribution in [2.75, 3.05) is 35.7 Å². The Kier molecular flexibility index (Phi) is 7.56. The first-order valence-corrected chi connectivity index (χ1v) is 11.0. The summed E-state index contributed by atoms with van der Waals surface area (Å²) < 4.78 is 11.3. The summed E-state index contributed by atoms with van der Waals surface area (Å²) in [6.07, 6.45) is 2.31. The molecule has 0 aliphatic carbocycles. The molecule has 170 valence electrons. The molecule has 1 unspecified atom stereocenters. The Morgan fingerprint density at radius 3 is 2.36 bits per heavy atom. The molecule has 0 aromatic heterocycles. The number of ether oxygens (including phenoxy) is 2. The minimum atomic E-state index is -0.205. The number of benzene rings is 3. The summed E-state index contributed by atoms with van der Waals surface area (Å²) in [6.45, 7) is 1.47. The molecule has 7 heteroatoms. The van der Waals surface area contributed by atoms with Gasteiger partial charge >= 0.3 is 0 Å². The fraction of sp³-hybridized carbons (Fsp3) is 0.231. The molecule has 1 saturated heterocycles. The van der Waals surface area contributed by atoms with Gasteiger partial charge in [-0.3, -0.25) is 9.59 Å². The molecule has 0 radical (unpaired) electrons. The molecule has 1 heterocycles. The van der Waals surface area contributed by atoms with Crippen LogP contribution in [0.25, 0.3) is 0 Å². The third kappa shape index (κ3) is 6.82. The van der Waals surface area contributed by atoms with Gasteiger partial charge in [0.1, 0.15) is 12.4 Å². The molecular weight excluding hydrogens is 418 g/mol. The topological polar surface area (TPSA) is 88.7 Å². The van der Waals surface area contributed by atoms with Crippen molar-refractivity contribution in [3.05, 3.63) is 84.4 Å². The van der Waals surface area contributed by atoms with Crippen LogP contribution in [-0.2, 0) is 9.53 Å². The largest absolute Gasteiger partial charge is 0.491 e. The average Bonchev–Trinajstić information content (AvgIpc) is 3.37. The normalized spacial score (nSPS) is 15.0. The molecule has 3 N–H and O–H groups in total. The van der Waals surface area contributed by atoms with Crippen LogP contribution in [0.3, 0.4) is 0 Å². The lowest BCUT2D eigenvalue weighted by molar-refractivity contribution is -0.114. The average molecular weight is 446 g/mol. The number of carbonyl (C=O) groups is 2. The van der Waals surface area contributed by atoms with E-state index in [0.29, 0.717) is 23.5 Å². The highest BCUT2D eigenvalue weighted by Crippen LogP contribution is 2.19. The van der Waals surface area contributed by atoms with Crippen LogP contribution in [0.15, 0.2) is 78.9 Å². The van der Waals surface area contributed by atoms with Crippen molar-refractivity contribution in [3.63, 3.8) is 0 Å². The van der Waals surface area contributed by atoms with E-state index in [2.05, 4.69) is 16.0 Å². The van der Waals surface area contributed by atoms with E-state index in [1.165, 1.54) is 0 Å². The van der Waals surface area contributed by atoms with Gasteiger partial charge in [-0.1, -0.05) is 24.3 Å². The summed E-state index contributed by atoms with van der Waals surface area (Å²) >= 11 is 0. The predicted molar refractivity (Wildman–Crippen MR) is 129 cm³/mol. The number of hydrogen-bond acceptors (Lipinski definition) is 5. The van der Waals surface area contributed by atoms with Crippen LogP contribution in [0.4, 0.5) is 17.1 Å². The lowest BCUT2D eigenvalue weighted by Crippen LogP contribution is -2.22. The fourth-order valence-corrected chi connectivity index (χ4v) is 3.49. The first kappa shape index (κ1) is 22.4. The third-order valence-electron chi connectivity index (χ3n) is 5.21. The second kappa shape index (κ2) is 11.2. The molecule has 3 aromatic carbocycles. The number of nitrogens with one attached hydrogen (secondary N) is 3. The highest BCUT2D eigenvalue weighted by atomic mass is 16.5. The Hall–Kier alpha value is -3.84. The van der Waals surface area contributed by atoms with Crippen molar-refractivity contribution in [3.8, 4) is 5.75 Å². The van der Waals surface area contributed by atoms with Crippen LogP contribution >= 0.6 is 0 Å². The summed E-state index contributed by atoms with van der Waals surface area (Å²) in [5, 5.41) is 8.77. The molecular formula is C26H27N3O4. The van der Waals surface area contributed by atoms with Crippen molar-refractivity contribution in [1.29, 1.82) is 0 Å². The molecule has 33 heavy (non-hydrogen) atoms. The molecule has 1 atom stereocenters. The molecule has 7 nitrogen and oxygen atoms in total. The summed E-state index contributed by atoms with van der Waals surface area (Å²) in [4.78, 5) is 24.7. The Morgan fingerprint density at radius 1 is 0.879 bits per heavy atom. The van der Waals surface area contributed by atoms with Crippen molar-refractivity contribution in [2.45, 2.75) is 18.9 Å². The smallest absolute Gasteiger partial charge is 0.255 e. The summed E-state index contributed by atoms with van der Waals surface area (Å²) in [5.41, 5.74) is 2.59. The number of carbonyl (C=O) groups excluding carboxylic acids is 2. The molecule has 0 saturated carbocycles. The molecule has 3 aromatic rings. The molecule has 2 amide bonds. The second-order valence-electron chi connectivity index (χ2n) is 7.77. The Labute approximate surface area is 193 Å². The maximum Gasteiger partial charge on any atom is 0.255 e. The number of rotatable bonds is 9. The van der Waals surface area contributed by atoms with E-state index >= 15 is 0 Å². The van der Waals surface area contributed by atoms with Gasteiger partial charge in [0.25, 0.3) is 5.91 Å². The molecule has 1 aliphatic rings. The van der Waals surface area contributed by atoms with Gasteiger partial charge in [-0.2, -0.15) is 0 Å². The lowest BCUT2D eigenvalue weighted by Gasteiger charge is -2.12. The van der Waals surface area contributed by atoms with Gasteiger partial charge in [-0.15, -0.1) is 0 Å². The Balaban J connectivity index is 1.23. The quantitative estimate of drug-likeness (QED) is 0.450. The first-order chi connectivity index (χ1) is 16.2. The Morgan fingerprint density at radius 2 is 1.64 bits per heavy atom. The van der Waals surface area contributed by atoms with Crippen LogP contribution < -0.4 is 20.7 Å². The third-order valence-corrected chi connectivity index (χ3v) is 5.21. The van der Waals surface area contributed by atoms with Gasteiger partial charge in [-0.05, 0) is 67.4 Å². The van der Waals surface area contributed by atoms with E-state index in [-0.39, 0.29) is 24.5 Å². The highest BCUT2D eigenvalue weighted by molar-refractivity contribution is 6.04. The second-order valence-corrected chi connectivity index (χ2v) is 7.77. The minimum absolute atomic E-state index is 0.108. The fourth-order valence-electron chi connectivity index (χ4n) is 3.49. The number of hydrogen-bond donors (Lipinski definition) is 3. The van der Waals surface area contributed by atoms with Crippen molar-refractivity contribution in [2.24, 2.45) is 0 Å². The van der Waals surface area contributed by atoms with Gasteiger partial charge in [0.05, 0.1) is 12.6 Å². The van der Waals surface area contributed by atoms with E-state index in [9.17, 15) is 9.59 Å². The maximum atomic E-state index is 12.4. The number of amides is 2. The molecule has 0 spiro atoms. The van der Waals surface area contributed by atoms with Crippen molar-refractivity contribution >= 4 is 28.9 Å². The Bertz CT molecular complexity index is 1060. The standard InChI is InChI=1S/C26H27N3O4/c30-25(17-27-20-11-13-23(14-12-20)33-18-24-10-5-15-32-24)28-21-8-4-9-22(16-21)29-26(31)19-6-2-1-3-7-19/h1-4,6-9,11-14,16,24,27H,5,10,15,17-18H2,(H,28,30)(H,29,31). The van der Waals surface area contributed by atoms with Crippen LogP contribution in [0.5, 0.6) is 5.75 Å². The highest BCUT2D eigenvalue weighted by Gasteiger charge is 2.15. The summed E-state index contributed by atoms with van der Waals surface area (Å²) in [7, 11) is 0. The lowest BCUT2D eigenvalue weighted by atomic mass is 10.2. The predicted octanol–water partition coefficient (Wildman–Crippen LogP) is 4.55. The molecule has 1 aliphatic heterocycles. The van der Waals surface area contributed by atoms with Gasteiger partial charge in [0.15, 0.2) is 0 Å². The van der Waals surface area contributed by atoms with Gasteiger partial charge < -0.3 is 25.4 Å². The maximum absolute atomic E-state index is 12.4.